The molecule has 0 saturated carbocycles. The van der Waals surface area contributed by atoms with E-state index in [1.807, 2.05) is 31.2 Å². The van der Waals surface area contributed by atoms with E-state index in [2.05, 4.69) is 0 Å². The number of rotatable bonds is 4. The summed E-state index contributed by atoms with van der Waals surface area (Å²) < 4.78 is 5.41. The highest BCUT2D eigenvalue weighted by Gasteiger charge is 2.13. The molecule has 0 bridgehead atoms. The molecule has 1 rings (SSSR count). The molecule has 15 heavy (non-hydrogen) atoms. The minimum absolute atomic E-state index is 0.0355. The number of aliphatic hydroxyl groups is 1. The molecule has 0 amide bonds. The zero-order chi connectivity index (χ0) is 11.5. The standard InChI is InChI=1S/C12H19NO2/c1-9(13)10-4-6-11(7-5-10)15-8-12(2,3)14/h4-7,9,14H,8,13H2,1-3H3/t9-/m0/s1. The van der Waals surface area contributed by atoms with Crippen molar-refractivity contribution < 1.29 is 9.84 Å². The molecule has 3 heteroatoms. The third-order valence-electron chi connectivity index (χ3n) is 2.00. The summed E-state index contributed by atoms with van der Waals surface area (Å²) in [4.78, 5) is 0. The Labute approximate surface area is 90.9 Å². The lowest BCUT2D eigenvalue weighted by atomic mass is 10.1. The lowest BCUT2D eigenvalue weighted by Crippen LogP contribution is -2.27. The summed E-state index contributed by atoms with van der Waals surface area (Å²) in [6.07, 6.45) is 0. The van der Waals surface area contributed by atoms with Crippen molar-refractivity contribution in [2.24, 2.45) is 5.73 Å². The fourth-order valence-corrected chi connectivity index (χ4v) is 1.13. The van der Waals surface area contributed by atoms with Crippen LogP contribution in [-0.2, 0) is 0 Å². The van der Waals surface area contributed by atoms with Gasteiger partial charge in [-0.15, -0.1) is 0 Å². The zero-order valence-corrected chi connectivity index (χ0v) is 9.53. The summed E-state index contributed by atoms with van der Waals surface area (Å²) in [5.74, 6) is 0.751. The van der Waals surface area contributed by atoms with Gasteiger partial charge in [0.2, 0.25) is 0 Å². The summed E-state index contributed by atoms with van der Waals surface area (Å²) in [6.45, 7) is 5.64. The van der Waals surface area contributed by atoms with Crippen LogP contribution in [0.5, 0.6) is 5.75 Å². The Kier molecular flexibility index (Phi) is 3.72. The normalized spacial score (nSPS) is 13.7. The molecule has 1 atom stereocenters. The summed E-state index contributed by atoms with van der Waals surface area (Å²) in [5.41, 5.74) is 6.00. The monoisotopic (exact) mass is 209 g/mol. The molecule has 3 nitrogen and oxygen atoms in total. The van der Waals surface area contributed by atoms with Gasteiger partial charge in [0, 0.05) is 6.04 Å². The molecule has 0 unspecified atom stereocenters. The maximum Gasteiger partial charge on any atom is 0.119 e. The quantitative estimate of drug-likeness (QED) is 0.795. The first-order valence-electron chi connectivity index (χ1n) is 5.09. The van der Waals surface area contributed by atoms with Crippen LogP contribution in [0.15, 0.2) is 24.3 Å². The van der Waals surface area contributed by atoms with Gasteiger partial charge in [-0.05, 0) is 38.5 Å². The second-order valence-electron chi connectivity index (χ2n) is 4.46. The Morgan fingerprint density at radius 3 is 2.27 bits per heavy atom. The molecule has 0 aromatic heterocycles. The van der Waals surface area contributed by atoms with Crippen molar-refractivity contribution >= 4 is 0 Å². The Hall–Kier alpha value is -1.06. The van der Waals surface area contributed by atoms with Gasteiger partial charge < -0.3 is 15.6 Å². The molecule has 0 heterocycles. The van der Waals surface area contributed by atoms with Crippen LogP contribution < -0.4 is 10.5 Å². The molecule has 3 N–H and O–H groups in total. The van der Waals surface area contributed by atoms with E-state index in [0.29, 0.717) is 0 Å². The molecule has 0 saturated heterocycles. The molecule has 0 aliphatic carbocycles. The van der Waals surface area contributed by atoms with Gasteiger partial charge in [0.05, 0.1) is 5.60 Å². The van der Waals surface area contributed by atoms with E-state index >= 15 is 0 Å². The number of hydrogen-bond acceptors (Lipinski definition) is 3. The van der Waals surface area contributed by atoms with Crippen molar-refractivity contribution in [2.75, 3.05) is 6.61 Å². The first-order chi connectivity index (χ1) is 6.88. The predicted molar refractivity (Wildman–Crippen MR) is 60.8 cm³/mol. The largest absolute Gasteiger partial charge is 0.491 e. The van der Waals surface area contributed by atoms with E-state index < -0.39 is 5.60 Å². The van der Waals surface area contributed by atoms with Gasteiger partial charge in [0.1, 0.15) is 12.4 Å². The maximum absolute atomic E-state index is 9.48. The van der Waals surface area contributed by atoms with E-state index in [1.54, 1.807) is 13.8 Å². The number of benzene rings is 1. The minimum atomic E-state index is -0.806. The number of ether oxygens (including phenoxy) is 1. The summed E-state index contributed by atoms with van der Waals surface area (Å²) in [6, 6.07) is 7.64. The zero-order valence-electron chi connectivity index (χ0n) is 9.53. The van der Waals surface area contributed by atoms with Crippen LogP contribution in [-0.4, -0.2) is 17.3 Å². The van der Waals surface area contributed by atoms with Crippen LogP contribution in [0.1, 0.15) is 32.4 Å². The lowest BCUT2D eigenvalue weighted by Gasteiger charge is -2.18. The van der Waals surface area contributed by atoms with Gasteiger partial charge in [0.25, 0.3) is 0 Å². The fourth-order valence-electron chi connectivity index (χ4n) is 1.13. The molecule has 1 aromatic carbocycles. The second kappa shape index (κ2) is 4.64. The number of nitrogens with two attached hydrogens (primary N) is 1. The summed E-state index contributed by atoms with van der Waals surface area (Å²) in [5, 5.41) is 9.48. The third-order valence-corrected chi connectivity index (χ3v) is 2.00. The molecule has 0 aliphatic heterocycles. The van der Waals surface area contributed by atoms with Gasteiger partial charge in [-0.25, -0.2) is 0 Å². The van der Waals surface area contributed by atoms with Gasteiger partial charge in [0.15, 0.2) is 0 Å². The highest BCUT2D eigenvalue weighted by atomic mass is 16.5. The lowest BCUT2D eigenvalue weighted by molar-refractivity contribution is 0.0285. The fraction of sp³-hybridized carbons (Fsp3) is 0.500. The topological polar surface area (TPSA) is 55.5 Å². The Bertz CT molecular complexity index is 298. The molecule has 84 valence electrons. The second-order valence-corrected chi connectivity index (χ2v) is 4.46. The van der Waals surface area contributed by atoms with Gasteiger partial charge >= 0.3 is 0 Å². The Morgan fingerprint density at radius 2 is 1.87 bits per heavy atom. The van der Waals surface area contributed by atoms with E-state index in [9.17, 15) is 5.11 Å². The van der Waals surface area contributed by atoms with Crippen molar-refractivity contribution in [1.29, 1.82) is 0 Å². The molecular formula is C12H19NO2. The van der Waals surface area contributed by atoms with Crippen LogP contribution in [0.25, 0.3) is 0 Å². The third kappa shape index (κ3) is 4.32. The number of hydrogen-bond donors (Lipinski definition) is 2. The van der Waals surface area contributed by atoms with Crippen LogP contribution in [0, 0.1) is 0 Å². The Balaban J connectivity index is 2.57. The van der Waals surface area contributed by atoms with Crippen LogP contribution in [0.2, 0.25) is 0 Å². The van der Waals surface area contributed by atoms with Crippen LogP contribution in [0.4, 0.5) is 0 Å². The van der Waals surface area contributed by atoms with Gasteiger partial charge in [-0.2, -0.15) is 0 Å². The van der Waals surface area contributed by atoms with E-state index in [0.717, 1.165) is 11.3 Å². The van der Waals surface area contributed by atoms with Crippen molar-refractivity contribution in [3.8, 4) is 5.75 Å². The van der Waals surface area contributed by atoms with Crippen molar-refractivity contribution in [1.82, 2.24) is 0 Å². The van der Waals surface area contributed by atoms with Crippen molar-refractivity contribution in [3.63, 3.8) is 0 Å². The first-order valence-corrected chi connectivity index (χ1v) is 5.09. The smallest absolute Gasteiger partial charge is 0.119 e. The average Bonchev–Trinajstić information content (AvgIpc) is 2.14. The van der Waals surface area contributed by atoms with E-state index in [4.69, 9.17) is 10.5 Å². The van der Waals surface area contributed by atoms with Gasteiger partial charge in [-0.3, -0.25) is 0 Å². The first kappa shape index (κ1) is 12.0. The van der Waals surface area contributed by atoms with Crippen LogP contribution >= 0.6 is 0 Å². The molecule has 0 fully saturated rings. The molecular weight excluding hydrogens is 190 g/mol. The predicted octanol–water partition coefficient (Wildman–Crippen LogP) is 1.86. The average molecular weight is 209 g/mol. The van der Waals surface area contributed by atoms with E-state index in [-0.39, 0.29) is 12.6 Å². The van der Waals surface area contributed by atoms with Crippen molar-refractivity contribution in [2.45, 2.75) is 32.4 Å². The highest BCUT2D eigenvalue weighted by molar-refractivity contribution is 5.28. The molecule has 0 radical (unpaired) electrons. The summed E-state index contributed by atoms with van der Waals surface area (Å²) >= 11 is 0. The molecule has 0 aliphatic rings. The summed E-state index contributed by atoms with van der Waals surface area (Å²) in [7, 11) is 0. The minimum Gasteiger partial charge on any atom is -0.491 e. The maximum atomic E-state index is 9.48. The molecule has 1 aromatic rings. The SMILES string of the molecule is C[C@H](N)c1ccc(OCC(C)(C)O)cc1. The van der Waals surface area contributed by atoms with Crippen LogP contribution in [0.3, 0.4) is 0 Å². The highest BCUT2D eigenvalue weighted by Crippen LogP contribution is 2.17. The molecule has 0 spiro atoms. The van der Waals surface area contributed by atoms with Crippen molar-refractivity contribution in [3.05, 3.63) is 29.8 Å². The van der Waals surface area contributed by atoms with Gasteiger partial charge in [-0.1, -0.05) is 12.1 Å². The Morgan fingerprint density at radius 1 is 1.33 bits per heavy atom. The van der Waals surface area contributed by atoms with E-state index in [1.165, 1.54) is 0 Å².